The van der Waals surface area contributed by atoms with Crippen LogP contribution in [0.15, 0.2) is 54.4 Å². The van der Waals surface area contributed by atoms with E-state index in [1.54, 1.807) is 19.2 Å². The number of ketones is 1. The number of benzene rings is 2. The van der Waals surface area contributed by atoms with Gasteiger partial charge in [-0.1, -0.05) is 48.0 Å². The number of ether oxygens (including phenoxy) is 2. The van der Waals surface area contributed by atoms with Crippen molar-refractivity contribution in [1.29, 1.82) is 0 Å². The van der Waals surface area contributed by atoms with E-state index in [-0.39, 0.29) is 16.4 Å². The molecule has 0 bridgehead atoms. The minimum atomic E-state index is -0.726. The molecule has 6 heteroatoms. The maximum absolute atomic E-state index is 12.9. The van der Waals surface area contributed by atoms with Gasteiger partial charge in [0.05, 0.1) is 23.3 Å². The van der Waals surface area contributed by atoms with Crippen LogP contribution < -0.4 is 5.32 Å². The van der Waals surface area contributed by atoms with E-state index in [1.807, 2.05) is 30.3 Å². The molecular weight excluding hydrogens is 342 g/mol. The minimum Gasteiger partial charge on any atom is -0.465 e. The number of esters is 1. The van der Waals surface area contributed by atoms with E-state index in [1.165, 1.54) is 13.2 Å². The number of hydrogen-bond donors (Lipinski definition) is 1. The first-order valence-electron chi connectivity index (χ1n) is 7.63. The van der Waals surface area contributed by atoms with E-state index in [2.05, 4.69) is 5.32 Å². The van der Waals surface area contributed by atoms with Crippen LogP contribution >= 0.6 is 11.6 Å². The number of rotatable bonds is 4. The van der Waals surface area contributed by atoms with Gasteiger partial charge >= 0.3 is 5.97 Å². The van der Waals surface area contributed by atoms with Crippen molar-refractivity contribution >= 4 is 28.9 Å². The molecule has 0 spiro atoms. The van der Waals surface area contributed by atoms with Crippen LogP contribution in [0.25, 0.3) is 5.57 Å². The normalized spacial score (nSPS) is 16.6. The summed E-state index contributed by atoms with van der Waals surface area (Å²) in [5.41, 5.74) is 1.87. The quantitative estimate of drug-likeness (QED) is 0.850. The summed E-state index contributed by atoms with van der Waals surface area (Å²) in [5, 5.41) is 3.16. The summed E-state index contributed by atoms with van der Waals surface area (Å²) < 4.78 is 10.5. The molecule has 128 valence electrons. The molecule has 25 heavy (non-hydrogen) atoms. The van der Waals surface area contributed by atoms with Crippen molar-refractivity contribution < 1.29 is 19.1 Å². The lowest BCUT2D eigenvalue weighted by Gasteiger charge is -2.11. The van der Waals surface area contributed by atoms with Crippen LogP contribution in [0.2, 0.25) is 5.02 Å². The van der Waals surface area contributed by atoms with Crippen LogP contribution in [0.5, 0.6) is 0 Å². The van der Waals surface area contributed by atoms with Gasteiger partial charge in [-0.15, -0.1) is 0 Å². The Morgan fingerprint density at radius 3 is 2.56 bits per heavy atom. The number of carbonyl (C=O) groups is 2. The fraction of sp³-hybridized carbons (Fsp3) is 0.158. The zero-order chi connectivity index (χ0) is 18.0. The Hall–Kier alpha value is -2.79. The van der Waals surface area contributed by atoms with Crippen molar-refractivity contribution in [3.05, 3.63) is 76.1 Å². The third-order valence-corrected chi connectivity index (χ3v) is 4.27. The van der Waals surface area contributed by atoms with Crippen LogP contribution in [0.1, 0.15) is 27.6 Å². The molecular formula is C19H16ClNO4. The number of methoxy groups -OCH3 is 1. The molecule has 0 amide bonds. The summed E-state index contributed by atoms with van der Waals surface area (Å²) in [7, 11) is 2.95. The first-order valence-corrected chi connectivity index (χ1v) is 8.00. The summed E-state index contributed by atoms with van der Waals surface area (Å²) in [6.07, 6.45) is -0.726. The molecule has 1 aliphatic heterocycles. The molecule has 1 atom stereocenters. The minimum absolute atomic E-state index is 0.186. The second-order valence-corrected chi connectivity index (χ2v) is 5.82. The van der Waals surface area contributed by atoms with Crippen LogP contribution in [0.3, 0.4) is 0 Å². The number of Topliss-reactive ketones (excluding diaryl/α,β-unsaturated/α-hetero) is 1. The molecule has 2 aromatic rings. The fourth-order valence-corrected chi connectivity index (χ4v) is 2.92. The highest BCUT2D eigenvalue weighted by Gasteiger charge is 2.37. The summed E-state index contributed by atoms with van der Waals surface area (Å²) >= 11 is 6.06. The lowest BCUT2D eigenvalue weighted by Crippen LogP contribution is -2.10. The van der Waals surface area contributed by atoms with Gasteiger partial charge in [0.2, 0.25) is 5.78 Å². The molecule has 0 aliphatic carbocycles. The highest BCUT2D eigenvalue weighted by Crippen LogP contribution is 2.37. The summed E-state index contributed by atoms with van der Waals surface area (Å²) in [4.78, 5) is 24.8. The predicted octanol–water partition coefficient (Wildman–Crippen LogP) is 3.36. The van der Waals surface area contributed by atoms with Crippen LogP contribution in [-0.2, 0) is 14.3 Å². The number of carbonyl (C=O) groups excluding carboxylic acids is 2. The van der Waals surface area contributed by atoms with Gasteiger partial charge in [0.1, 0.15) is 0 Å². The van der Waals surface area contributed by atoms with Crippen LogP contribution in [-0.4, -0.2) is 25.9 Å². The maximum atomic E-state index is 12.9. The van der Waals surface area contributed by atoms with Gasteiger partial charge < -0.3 is 14.8 Å². The standard InChI is InChI=1S/C19H16ClNO4/c1-21-18-15(12-8-9-14(20)13(10-12)19(23)24-2)16(22)17(25-18)11-6-4-3-5-7-11/h3-10,17,21H,1-2H3. The monoisotopic (exact) mass is 357 g/mol. The van der Waals surface area contributed by atoms with Gasteiger partial charge in [-0.05, 0) is 17.7 Å². The van der Waals surface area contributed by atoms with Crippen molar-refractivity contribution in [2.24, 2.45) is 0 Å². The van der Waals surface area contributed by atoms with Crippen molar-refractivity contribution in [2.75, 3.05) is 14.2 Å². The van der Waals surface area contributed by atoms with Crippen molar-refractivity contribution in [3.63, 3.8) is 0 Å². The highest BCUT2D eigenvalue weighted by atomic mass is 35.5. The third-order valence-electron chi connectivity index (χ3n) is 3.94. The first-order chi connectivity index (χ1) is 12.1. The molecule has 1 unspecified atom stereocenters. The molecule has 0 aromatic heterocycles. The number of hydrogen-bond acceptors (Lipinski definition) is 5. The average Bonchev–Trinajstić information content (AvgIpc) is 2.99. The molecule has 1 N–H and O–H groups in total. The average molecular weight is 358 g/mol. The molecule has 0 saturated heterocycles. The van der Waals surface area contributed by atoms with Gasteiger partial charge in [-0.2, -0.15) is 0 Å². The zero-order valence-corrected chi connectivity index (χ0v) is 14.5. The van der Waals surface area contributed by atoms with Crippen molar-refractivity contribution in [3.8, 4) is 0 Å². The van der Waals surface area contributed by atoms with Gasteiger partial charge in [-0.25, -0.2) is 4.79 Å². The number of nitrogens with one attached hydrogen (secondary N) is 1. The Balaban J connectivity index is 2.03. The van der Waals surface area contributed by atoms with Crippen molar-refractivity contribution in [1.82, 2.24) is 5.32 Å². The van der Waals surface area contributed by atoms with E-state index in [9.17, 15) is 9.59 Å². The number of halogens is 1. The lowest BCUT2D eigenvalue weighted by molar-refractivity contribution is -0.120. The van der Waals surface area contributed by atoms with Crippen LogP contribution in [0, 0.1) is 0 Å². The van der Waals surface area contributed by atoms with Gasteiger partial charge in [0.15, 0.2) is 12.0 Å². The maximum Gasteiger partial charge on any atom is 0.339 e. The van der Waals surface area contributed by atoms with E-state index in [0.29, 0.717) is 17.0 Å². The smallest absolute Gasteiger partial charge is 0.339 e. The molecule has 0 fully saturated rings. The summed E-state index contributed by atoms with van der Waals surface area (Å²) in [6.45, 7) is 0. The Labute approximate surface area is 150 Å². The molecule has 0 radical (unpaired) electrons. The molecule has 5 nitrogen and oxygen atoms in total. The molecule has 2 aromatic carbocycles. The second-order valence-electron chi connectivity index (χ2n) is 5.41. The zero-order valence-electron chi connectivity index (χ0n) is 13.7. The Morgan fingerprint density at radius 2 is 1.92 bits per heavy atom. The second kappa shape index (κ2) is 6.99. The Bertz CT molecular complexity index is 861. The Kier molecular flexibility index (Phi) is 4.76. The molecule has 3 rings (SSSR count). The van der Waals surface area contributed by atoms with E-state index >= 15 is 0 Å². The fourth-order valence-electron chi connectivity index (χ4n) is 2.72. The third kappa shape index (κ3) is 3.10. The summed E-state index contributed by atoms with van der Waals surface area (Å²) in [6, 6.07) is 14.0. The van der Waals surface area contributed by atoms with Gasteiger partial charge in [0, 0.05) is 12.6 Å². The SMILES string of the molecule is CNC1=C(c2ccc(Cl)c(C(=O)OC)c2)C(=O)C(c2ccccc2)O1. The highest BCUT2D eigenvalue weighted by molar-refractivity contribution is 6.34. The summed E-state index contributed by atoms with van der Waals surface area (Å²) in [5.74, 6) is -0.393. The van der Waals surface area contributed by atoms with Crippen LogP contribution in [0.4, 0.5) is 0 Å². The van der Waals surface area contributed by atoms with E-state index in [4.69, 9.17) is 21.1 Å². The largest absolute Gasteiger partial charge is 0.465 e. The van der Waals surface area contributed by atoms with Gasteiger partial charge in [-0.3, -0.25) is 4.79 Å². The predicted molar refractivity (Wildman–Crippen MR) is 94.0 cm³/mol. The van der Waals surface area contributed by atoms with E-state index < -0.39 is 12.1 Å². The molecule has 0 saturated carbocycles. The topological polar surface area (TPSA) is 64.6 Å². The molecule has 1 heterocycles. The van der Waals surface area contributed by atoms with E-state index in [0.717, 1.165) is 5.56 Å². The Morgan fingerprint density at radius 1 is 1.20 bits per heavy atom. The van der Waals surface area contributed by atoms with Gasteiger partial charge in [0.25, 0.3) is 0 Å². The lowest BCUT2D eigenvalue weighted by atomic mass is 9.96. The molecule has 1 aliphatic rings. The first kappa shape index (κ1) is 17.0. The van der Waals surface area contributed by atoms with Crippen molar-refractivity contribution in [2.45, 2.75) is 6.10 Å².